The summed E-state index contributed by atoms with van der Waals surface area (Å²) < 4.78 is 7.90. The van der Waals surface area contributed by atoms with Crippen molar-refractivity contribution >= 4 is 17.7 Å². The highest BCUT2D eigenvalue weighted by atomic mass is 32.2. The van der Waals surface area contributed by atoms with Crippen molar-refractivity contribution in [3.05, 3.63) is 36.4 Å². The van der Waals surface area contributed by atoms with Gasteiger partial charge in [-0.05, 0) is 25.0 Å². The van der Waals surface area contributed by atoms with Gasteiger partial charge in [0.1, 0.15) is 17.9 Å². The largest absolute Gasteiger partial charge is 0.479 e. The van der Waals surface area contributed by atoms with E-state index in [2.05, 4.69) is 10.2 Å². The summed E-state index contributed by atoms with van der Waals surface area (Å²) >= 11 is 1.70. The maximum Gasteiger partial charge on any atom is 0.264 e. The predicted octanol–water partition coefficient (Wildman–Crippen LogP) is 2.07. The van der Waals surface area contributed by atoms with E-state index in [0.29, 0.717) is 11.7 Å². The van der Waals surface area contributed by atoms with Crippen LogP contribution in [-0.4, -0.2) is 50.5 Å². The average Bonchev–Trinajstić information content (AvgIpc) is 3.07. The second kappa shape index (κ2) is 6.47. The number of ether oxygens (including phenoxy) is 1. The Morgan fingerprint density at radius 1 is 1.29 bits per heavy atom. The number of hydrogen-bond acceptors (Lipinski definition) is 5. The summed E-state index contributed by atoms with van der Waals surface area (Å²) in [7, 11) is 1.97. The number of hydrogen-bond donors (Lipinski definition) is 0. The molecule has 0 unspecified atom stereocenters. The number of benzene rings is 1. The topological polar surface area (TPSA) is 60.2 Å². The highest BCUT2D eigenvalue weighted by Gasteiger charge is 2.33. The molecule has 1 fully saturated rings. The quantitative estimate of drug-likeness (QED) is 0.835. The van der Waals surface area contributed by atoms with Crippen molar-refractivity contribution in [3.63, 3.8) is 0 Å². The number of aromatic nitrogens is 3. The highest BCUT2D eigenvalue weighted by molar-refractivity contribution is 7.99. The van der Waals surface area contributed by atoms with Crippen molar-refractivity contribution in [2.75, 3.05) is 18.8 Å². The van der Waals surface area contributed by atoms with Crippen molar-refractivity contribution in [2.45, 2.75) is 29.8 Å². The molecule has 0 radical (unpaired) electrons. The zero-order valence-electron chi connectivity index (χ0n) is 13.6. The molecule has 0 aliphatic carbocycles. The second-order valence-corrected chi connectivity index (χ2v) is 7.33. The first-order chi connectivity index (χ1) is 11.7. The van der Waals surface area contributed by atoms with E-state index in [1.807, 2.05) is 40.8 Å². The molecule has 24 heavy (non-hydrogen) atoms. The van der Waals surface area contributed by atoms with E-state index in [1.54, 1.807) is 18.1 Å². The lowest BCUT2D eigenvalue weighted by Crippen LogP contribution is -2.47. The zero-order chi connectivity index (χ0) is 16.5. The van der Waals surface area contributed by atoms with Crippen molar-refractivity contribution in [3.8, 4) is 5.75 Å². The van der Waals surface area contributed by atoms with E-state index in [0.717, 1.165) is 42.4 Å². The number of carbonyl (C=O) groups excluding carboxylic acids is 1. The SMILES string of the molecule is Cn1cnnc1C1CCN(C(=O)[C@H]2CSc3ccccc3O2)CC1. The molecule has 1 aromatic carbocycles. The Kier molecular flexibility index (Phi) is 4.18. The number of nitrogens with zero attached hydrogens (tertiary/aromatic N) is 4. The van der Waals surface area contributed by atoms with Gasteiger partial charge in [-0.2, -0.15) is 0 Å². The second-order valence-electron chi connectivity index (χ2n) is 6.26. The molecule has 1 atom stereocenters. The van der Waals surface area contributed by atoms with E-state index >= 15 is 0 Å². The summed E-state index contributed by atoms with van der Waals surface area (Å²) in [6.07, 6.45) is 3.21. The minimum Gasteiger partial charge on any atom is -0.479 e. The number of para-hydroxylation sites is 1. The van der Waals surface area contributed by atoms with Crippen LogP contribution in [0, 0.1) is 0 Å². The number of thioether (sulfide) groups is 1. The third-order valence-corrected chi connectivity index (χ3v) is 5.82. The number of fused-ring (bicyclic) bond motifs is 1. The molecule has 0 N–H and O–H groups in total. The first-order valence-corrected chi connectivity index (χ1v) is 9.22. The van der Waals surface area contributed by atoms with Gasteiger partial charge in [0.15, 0.2) is 6.10 Å². The van der Waals surface area contributed by atoms with Gasteiger partial charge in [-0.15, -0.1) is 22.0 Å². The molecule has 0 bridgehead atoms. The molecule has 1 amide bonds. The smallest absolute Gasteiger partial charge is 0.264 e. The molecule has 4 rings (SSSR count). The molecule has 6 nitrogen and oxygen atoms in total. The Bertz CT molecular complexity index is 740. The monoisotopic (exact) mass is 344 g/mol. The Morgan fingerprint density at radius 3 is 2.83 bits per heavy atom. The van der Waals surface area contributed by atoms with E-state index in [1.165, 1.54) is 0 Å². The summed E-state index contributed by atoms with van der Waals surface area (Å²) in [4.78, 5) is 15.8. The summed E-state index contributed by atoms with van der Waals surface area (Å²) in [6, 6.07) is 7.91. The predicted molar refractivity (Wildman–Crippen MR) is 91.1 cm³/mol. The van der Waals surface area contributed by atoms with Crippen LogP contribution in [0.4, 0.5) is 0 Å². The molecule has 1 aromatic heterocycles. The van der Waals surface area contributed by atoms with Gasteiger partial charge in [-0.3, -0.25) is 4.79 Å². The van der Waals surface area contributed by atoms with Gasteiger partial charge in [-0.1, -0.05) is 12.1 Å². The van der Waals surface area contributed by atoms with Gasteiger partial charge in [-0.25, -0.2) is 0 Å². The molecule has 2 aliphatic heterocycles. The molecule has 126 valence electrons. The molecule has 3 heterocycles. The van der Waals surface area contributed by atoms with Crippen molar-refractivity contribution in [1.82, 2.24) is 19.7 Å². The first kappa shape index (κ1) is 15.5. The van der Waals surface area contributed by atoms with Crippen LogP contribution < -0.4 is 4.74 Å². The van der Waals surface area contributed by atoms with Crippen LogP contribution in [0.15, 0.2) is 35.5 Å². The van der Waals surface area contributed by atoms with Crippen molar-refractivity contribution in [2.24, 2.45) is 7.05 Å². The molecule has 0 saturated carbocycles. The van der Waals surface area contributed by atoms with Gasteiger partial charge in [0, 0.05) is 36.7 Å². The van der Waals surface area contributed by atoms with Crippen LogP contribution >= 0.6 is 11.8 Å². The third kappa shape index (κ3) is 2.88. The minimum atomic E-state index is -0.378. The molecule has 1 saturated heterocycles. The molecule has 2 aliphatic rings. The third-order valence-electron chi connectivity index (χ3n) is 4.70. The fourth-order valence-corrected chi connectivity index (χ4v) is 4.34. The number of aryl methyl sites for hydroxylation is 1. The first-order valence-electron chi connectivity index (χ1n) is 8.23. The maximum atomic E-state index is 12.8. The van der Waals surface area contributed by atoms with Gasteiger partial charge in [0.2, 0.25) is 0 Å². The van der Waals surface area contributed by atoms with Gasteiger partial charge >= 0.3 is 0 Å². The number of likely N-dealkylation sites (tertiary alicyclic amines) is 1. The number of amides is 1. The lowest BCUT2D eigenvalue weighted by Gasteiger charge is -2.35. The van der Waals surface area contributed by atoms with Gasteiger partial charge in [0.05, 0.1) is 0 Å². The summed E-state index contributed by atoms with van der Waals surface area (Å²) in [5, 5.41) is 8.16. The minimum absolute atomic E-state index is 0.105. The molecular weight excluding hydrogens is 324 g/mol. The Morgan fingerprint density at radius 2 is 2.08 bits per heavy atom. The van der Waals surface area contributed by atoms with Gasteiger partial charge < -0.3 is 14.2 Å². The molecule has 7 heteroatoms. The summed E-state index contributed by atoms with van der Waals surface area (Å²) in [5.41, 5.74) is 0. The van der Waals surface area contributed by atoms with Crippen molar-refractivity contribution < 1.29 is 9.53 Å². The zero-order valence-corrected chi connectivity index (χ0v) is 14.4. The highest BCUT2D eigenvalue weighted by Crippen LogP contribution is 2.36. The Labute approximate surface area is 145 Å². The van der Waals surface area contributed by atoms with Crippen LogP contribution in [0.2, 0.25) is 0 Å². The fraction of sp³-hybridized carbons (Fsp3) is 0.471. The number of piperidine rings is 1. The van der Waals surface area contributed by atoms with E-state index in [9.17, 15) is 4.79 Å². The molecule has 0 spiro atoms. The summed E-state index contributed by atoms with van der Waals surface area (Å²) in [5.74, 6) is 3.00. The normalized spacial score (nSPS) is 21.2. The van der Waals surface area contributed by atoms with E-state index in [4.69, 9.17) is 4.74 Å². The number of rotatable bonds is 2. The van der Waals surface area contributed by atoms with Crippen LogP contribution in [0.5, 0.6) is 5.75 Å². The average molecular weight is 344 g/mol. The lowest BCUT2D eigenvalue weighted by atomic mass is 9.95. The fourth-order valence-electron chi connectivity index (χ4n) is 3.36. The Balaban J connectivity index is 1.38. The van der Waals surface area contributed by atoms with Crippen LogP contribution in [0.25, 0.3) is 0 Å². The molecule has 2 aromatic rings. The molecular formula is C17H20N4O2S. The number of carbonyl (C=O) groups is 1. The maximum absolute atomic E-state index is 12.8. The lowest BCUT2D eigenvalue weighted by molar-refractivity contribution is -0.139. The van der Waals surface area contributed by atoms with Gasteiger partial charge in [0.25, 0.3) is 5.91 Å². The van der Waals surface area contributed by atoms with Crippen LogP contribution in [0.3, 0.4) is 0 Å². The van der Waals surface area contributed by atoms with E-state index < -0.39 is 0 Å². The van der Waals surface area contributed by atoms with Crippen LogP contribution in [0.1, 0.15) is 24.6 Å². The van der Waals surface area contributed by atoms with Crippen LogP contribution in [-0.2, 0) is 11.8 Å². The van der Waals surface area contributed by atoms with Crippen molar-refractivity contribution in [1.29, 1.82) is 0 Å². The summed E-state index contributed by atoms with van der Waals surface area (Å²) in [6.45, 7) is 1.51. The van der Waals surface area contributed by atoms with E-state index in [-0.39, 0.29) is 12.0 Å². The Hall–Kier alpha value is -2.02. The standard InChI is InChI=1S/C17H20N4O2S/c1-20-11-18-19-16(20)12-6-8-21(9-7-12)17(22)14-10-24-15-5-3-2-4-13(15)23-14/h2-5,11-12,14H,6-10H2,1H3/t14-/m1/s1.